The molecule has 0 spiro atoms. The van der Waals surface area contributed by atoms with Gasteiger partial charge < -0.3 is 4.98 Å². The lowest BCUT2D eigenvalue weighted by Crippen LogP contribution is -2.35. The van der Waals surface area contributed by atoms with Crippen molar-refractivity contribution in [2.75, 3.05) is 6.54 Å². The molecule has 0 atom stereocenters. The van der Waals surface area contributed by atoms with Crippen LogP contribution in [0.1, 0.15) is 11.1 Å². The molecular weight excluding hydrogens is 332 g/mol. The van der Waals surface area contributed by atoms with Crippen LogP contribution in [0.3, 0.4) is 0 Å². The van der Waals surface area contributed by atoms with E-state index in [1.165, 1.54) is 9.87 Å². The van der Waals surface area contributed by atoms with Crippen molar-refractivity contribution in [1.29, 1.82) is 0 Å². The van der Waals surface area contributed by atoms with Gasteiger partial charge in [-0.2, -0.15) is 4.31 Å². The Bertz CT molecular complexity index is 1050. The van der Waals surface area contributed by atoms with E-state index in [1.54, 1.807) is 18.2 Å². The Morgan fingerprint density at radius 2 is 1.87 bits per heavy atom. The minimum absolute atomic E-state index is 0.179. The van der Waals surface area contributed by atoms with Crippen molar-refractivity contribution in [3.63, 3.8) is 0 Å². The Kier molecular flexibility index (Phi) is 3.37. The monoisotopic (exact) mass is 346 g/mol. The third-order valence-electron chi connectivity index (χ3n) is 4.13. The zero-order valence-electron chi connectivity index (χ0n) is 12.2. The molecule has 1 N–H and O–H groups in total. The summed E-state index contributed by atoms with van der Waals surface area (Å²) in [7, 11) is -3.56. The number of nitrogens with one attached hydrogen (secondary N) is 1. The smallest absolute Gasteiger partial charge is 0.305 e. The highest BCUT2D eigenvalue weighted by molar-refractivity contribution is 7.89. The van der Waals surface area contributed by atoms with E-state index in [0.29, 0.717) is 23.3 Å². The zero-order chi connectivity index (χ0) is 16.0. The largest absolute Gasteiger partial charge is 0.312 e. The number of rotatable bonds is 2. The molecule has 0 aliphatic carbocycles. The summed E-state index contributed by atoms with van der Waals surface area (Å²) in [6.45, 7) is 0.862. The van der Waals surface area contributed by atoms with Gasteiger partial charge in [-0.15, -0.1) is 0 Å². The van der Waals surface area contributed by atoms with Gasteiger partial charge in [-0.3, -0.25) is 4.79 Å². The number of H-pyrrole nitrogens is 1. The molecule has 0 unspecified atom stereocenters. The number of hydrogen-bond donors (Lipinski definition) is 1. The molecule has 0 saturated heterocycles. The van der Waals surface area contributed by atoms with Crippen LogP contribution in [-0.2, 0) is 23.0 Å². The number of hydrogen-bond acceptors (Lipinski definition) is 4. The van der Waals surface area contributed by atoms with E-state index < -0.39 is 10.0 Å². The molecule has 1 aromatic heterocycles. The minimum Gasteiger partial charge on any atom is -0.312 e. The number of thiazole rings is 1. The minimum atomic E-state index is -3.56. The summed E-state index contributed by atoms with van der Waals surface area (Å²) in [6.07, 6.45) is 0.717. The topological polar surface area (TPSA) is 70.2 Å². The Hall–Kier alpha value is -1.96. The Labute approximate surface area is 137 Å². The highest BCUT2D eigenvalue weighted by atomic mass is 32.2. The number of sulfonamides is 1. The summed E-state index contributed by atoms with van der Waals surface area (Å²) in [6, 6.07) is 12.7. The molecule has 1 aliphatic rings. The fraction of sp³-hybridized carbons (Fsp3) is 0.188. The summed E-state index contributed by atoms with van der Waals surface area (Å²) >= 11 is 1.02. The fourth-order valence-corrected chi connectivity index (χ4v) is 5.21. The third kappa shape index (κ3) is 2.50. The van der Waals surface area contributed by atoms with Crippen molar-refractivity contribution >= 4 is 31.6 Å². The third-order valence-corrected chi connectivity index (χ3v) is 6.81. The molecule has 0 amide bonds. The predicted octanol–water partition coefficient (Wildman–Crippen LogP) is 2.34. The summed E-state index contributed by atoms with van der Waals surface area (Å²) in [5.74, 6) is 0. The lowest BCUT2D eigenvalue weighted by Gasteiger charge is -2.28. The molecule has 23 heavy (non-hydrogen) atoms. The maximum absolute atomic E-state index is 12.9. The van der Waals surface area contributed by atoms with Crippen molar-refractivity contribution in [3.8, 4) is 0 Å². The Balaban J connectivity index is 1.73. The normalized spacial score (nSPS) is 15.7. The first-order valence-corrected chi connectivity index (χ1v) is 9.49. The average Bonchev–Trinajstić information content (AvgIpc) is 2.93. The van der Waals surface area contributed by atoms with Gasteiger partial charge in [-0.25, -0.2) is 8.42 Å². The summed E-state index contributed by atoms with van der Waals surface area (Å²) in [4.78, 5) is 14.1. The molecule has 3 aromatic rings. The van der Waals surface area contributed by atoms with Crippen LogP contribution in [0.2, 0.25) is 0 Å². The van der Waals surface area contributed by atoms with Crippen LogP contribution < -0.4 is 4.87 Å². The van der Waals surface area contributed by atoms with E-state index in [-0.39, 0.29) is 9.77 Å². The van der Waals surface area contributed by atoms with Crippen molar-refractivity contribution < 1.29 is 8.42 Å². The van der Waals surface area contributed by atoms with E-state index >= 15 is 0 Å². The molecule has 2 aromatic carbocycles. The second kappa shape index (κ2) is 5.30. The number of benzene rings is 2. The number of nitrogens with zero attached hydrogens (tertiary/aromatic N) is 1. The zero-order valence-corrected chi connectivity index (χ0v) is 13.8. The van der Waals surface area contributed by atoms with E-state index in [1.807, 2.05) is 24.3 Å². The molecule has 2 heterocycles. The van der Waals surface area contributed by atoms with Gasteiger partial charge in [0.05, 0.1) is 15.1 Å². The summed E-state index contributed by atoms with van der Waals surface area (Å²) < 4.78 is 27.9. The van der Waals surface area contributed by atoms with Crippen LogP contribution in [0.4, 0.5) is 0 Å². The van der Waals surface area contributed by atoms with E-state index in [2.05, 4.69) is 4.98 Å². The van der Waals surface area contributed by atoms with Gasteiger partial charge in [-0.05, 0) is 35.7 Å². The first kappa shape index (κ1) is 14.6. The fourth-order valence-electron chi connectivity index (χ4n) is 2.91. The van der Waals surface area contributed by atoms with Gasteiger partial charge in [0.25, 0.3) is 0 Å². The van der Waals surface area contributed by atoms with Crippen LogP contribution in [-0.4, -0.2) is 24.3 Å². The molecular formula is C16H14N2O3S2. The molecule has 4 rings (SSSR count). The molecule has 7 heteroatoms. The summed E-state index contributed by atoms with van der Waals surface area (Å²) in [5, 5.41) is 0. The molecule has 0 fully saturated rings. The van der Waals surface area contributed by atoms with Gasteiger partial charge in [0.2, 0.25) is 10.0 Å². The average molecular weight is 346 g/mol. The maximum Gasteiger partial charge on any atom is 0.305 e. The number of aromatic nitrogens is 1. The number of aromatic amines is 1. The van der Waals surface area contributed by atoms with E-state index in [0.717, 1.165) is 23.3 Å². The van der Waals surface area contributed by atoms with Crippen LogP contribution in [0.25, 0.3) is 10.2 Å². The standard InChI is InChI=1S/C16H14N2O3S2/c19-16-17-14-6-5-13(9-15(14)22-16)23(20,21)18-8-7-11-3-1-2-4-12(11)10-18/h1-6,9H,7-8,10H2,(H,17,19). The highest BCUT2D eigenvalue weighted by Gasteiger charge is 2.28. The lowest BCUT2D eigenvalue weighted by molar-refractivity contribution is 0.391. The van der Waals surface area contributed by atoms with Crippen LogP contribution in [0, 0.1) is 0 Å². The van der Waals surface area contributed by atoms with Crippen molar-refractivity contribution in [2.45, 2.75) is 17.9 Å². The van der Waals surface area contributed by atoms with Gasteiger partial charge in [0, 0.05) is 13.1 Å². The van der Waals surface area contributed by atoms with Crippen molar-refractivity contribution in [1.82, 2.24) is 9.29 Å². The molecule has 0 saturated carbocycles. The van der Waals surface area contributed by atoms with E-state index in [9.17, 15) is 13.2 Å². The van der Waals surface area contributed by atoms with Gasteiger partial charge in [-0.1, -0.05) is 35.6 Å². The second-order valence-electron chi connectivity index (χ2n) is 5.53. The number of fused-ring (bicyclic) bond motifs is 2. The predicted molar refractivity (Wildman–Crippen MR) is 90.2 cm³/mol. The Morgan fingerprint density at radius 1 is 1.09 bits per heavy atom. The van der Waals surface area contributed by atoms with Crippen LogP contribution in [0.15, 0.2) is 52.2 Å². The molecule has 5 nitrogen and oxygen atoms in total. The van der Waals surface area contributed by atoms with Crippen LogP contribution >= 0.6 is 11.3 Å². The lowest BCUT2D eigenvalue weighted by atomic mass is 10.0. The van der Waals surface area contributed by atoms with Crippen molar-refractivity contribution in [3.05, 3.63) is 63.3 Å². The first-order valence-electron chi connectivity index (χ1n) is 7.24. The van der Waals surface area contributed by atoms with Crippen LogP contribution in [0.5, 0.6) is 0 Å². The molecule has 1 aliphatic heterocycles. The highest BCUT2D eigenvalue weighted by Crippen LogP contribution is 2.27. The first-order chi connectivity index (χ1) is 11.0. The van der Waals surface area contributed by atoms with Gasteiger partial charge in [0.1, 0.15) is 0 Å². The quantitative estimate of drug-likeness (QED) is 0.774. The van der Waals surface area contributed by atoms with Gasteiger partial charge >= 0.3 is 4.87 Å². The summed E-state index contributed by atoms with van der Waals surface area (Å²) in [5.41, 5.74) is 2.93. The second-order valence-corrected chi connectivity index (χ2v) is 8.48. The van der Waals surface area contributed by atoms with Gasteiger partial charge in [0.15, 0.2) is 0 Å². The maximum atomic E-state index is 12.9. The molecule has 118 valence electrons. The SMILES string of the molecule is O=c1[nH]c2ccc(S(=O)(=O)N3CCc4ccccc4C3)cc2s1. The van der Waals surface area contributed by atoms with Crippen molar-refractivity contribution in [2.24, 2.45) is 0 Å². The Morgan fingerprint density at radius 3 is 2.70 bits per heavy atom. The van der Waals surface area contributed by atoms with E-state index in [4.69, 9.17) is 0 Å². The molecule has 0 radical (unpaired) electrons. The molecule has 0 bridgehead atoms.